The van der Waals surface area contributed by atoms with E-state index in [4.69, 9.17) is 22.7 Å². The van der Waals surface area contributed by atoms with Crippen molar-refractivity contribution in [2.75, 3.05) is 5.32 Å². The second kappa shape index (κ2) is 6.01. The lowest BCUT2D eigenvalue weighted by atomic mass is 10.2. The number of nitrogens with one attached hydrogen (secondary N) is 1. The van der Waals surface area contributed by atoms with Gasteiger partial charge in [0.25, 0.3) is 0 Å². The molecule has 2 rings (SSSR count). The van der Waals surface area contributed by atoms with Gasteiger partial charge in [-0.1, -0.05) is 0 Å². The predicted molar refractivity (Wildman–Crippen MR) is 78.4 cm³/mol. The Morgan fingerprint density at radius 1 is 0.952 bits per heavy atom. The molecule has 0 saturated carbocycles. The molecule has 2 aromatic rings. The van der Waals surface area contributed by atoms with Crippen LogP contribution in [-0.4, -0.2) is 5.11 Å². The number of ether oxygens (including phenoxy) is 1. The monoisotopic (exact) mass is 312 g/mol. The summed E-state index contributed by atoms with van der Waals surface area (Å²) in [5, 5.41) is 2.89. The fraction of sp³-hybridized carbons (Fsp3) is 0.0714. The van der Waals surface area contributed by atoms with Crippen LogP contribution in [0.25, 0.3) is 0 Å². The van der Waals surface area contributed by atoms with Crippen molar-refractivity contribution in [2.24, 2.45) is 5.73 Å². The van der Waals surface area contributed by atoms with E-state index in [2.05, 4.69) is 5.32 Å². The van der Waals surface area contributed by atoms with Crippen LogP contribution in [0.2, 0.25) is 0 Å². The summed E-state index contributed by atoms with van der Waals surface area (Å²) in [5.41, 5.74) is 5.31. The van der Waals surface area contributed by atoms with E-state index in [1.165, 1.54) is 12.1 Å². The van der Waals surface area contributed by atoms with Crippen molar-refractivity contribution in [3.8, 4) is 11.5 Å². The zero-order chi connectivity index (χ0) is 15.5. The second-order valence-electron chi connectivity index (χ2n) is 4.14. The van der Waals surface area contributed by atoms with Crippen molar-refractivity contribution >= 4 is 23.0 Å². The van der Waals surface area contributed by atoms with Crippen LogP contribution in [-0.2, 0) is 6.18 Å². The van der Waals surface area contributed by atoms with Crippen LogP contribution in [0.3, 0.4) is 0 Å². The third-order valence-electron chi connectivity index (χ3n) is 2.54. The first kappa shape index (κ1) is 15.1. The number of halogens is 3. The highest BCUT2D eigenvalue weighted by Gasteiger charge is 2.30. The molecule has 0 fully saturated rings. The molecule has 3 N–H and O–H groups in total. The van der Waals surface area contributed by atoms with E-state index in [1.54, 1.807) is 24.3 Å². The Balaban J connectivity index is 2.06. The van der Waals surface area contributed by atoms with Crippen molar-refractivity contribution in [1.29, 1.82) is 0 Å². The highest BCUT2D eigenvalue weighted by atomic mass is 32.1. The van der Waals surface area contributed by atoms with Gasteiger partial charge in [0.05, 0.1) is 5.56 Å². The van der Waals surface area contributed by atoms with E-state index in [-0.39, 0.29) is 5.11 Å². The molecular formula is C14H11F3N2OS. The van der Waals surface area contributed by atoms with Crippen molar-refractivity contribution < 1.29 is 17.9 Å². The molecule has 0 atom stereocenters. The molecule has 0 spiro atoms. The molecule has 0 aromatic heterocycles. The number of rotatable bonds is 3. The molecule has 2 aromatic carbocycles. The lowest BCUT2D eigenvalue weighted by Gasteiger charge is -2.09. The number of hydrogen-bond acceptors (Lipinski definition) is 2. The van der Waals surface area contributed by atoms with Gasteiger partial charge in [0, 0.05) is 5.69 Å². The zero-order valence-corrected chi connectivity index (χ0v) is 11.5. The number of hydrogen-bond donors (Lipinski definition) is 2. The first-order valence-electron chi connectivity index (χ1n) is 5.86. The van der Waals surface area contributed by atoms with E-state index in [1.807, 2.05) is 0 Å². The van der Waals surface area contributed by atoms with Crippen LogP contribution in [0.5, 0.6) is 11.5 Å². The summed E-state index contributed by atoms with van der Waals surface area (Å²) in [7, 11) is 0. The quantitative estimate of drug-likeness (QED) is 0.836. The lowest BCUT2D eigenvalue weighted by Crippen LogP contribution is -2.18. The summed E-state index contributed by atoms with van der Waals surface area (Å²) in [5.74, 6) is 0.807. The number of thiocarbonyl (C=S) groups is 1. The fourth-order valence-corrected chi connectivity index (χ4v) is 1.71. The number of benzene rings is 2. The van der Waals surface area contributed by atoms with Crippen LogP contribution >= 0.6 is 12.2 Å². The van der Waals surface area contributed by atoms with Gasteiger partial charge in [-0.25, -0.2) is 0 Å². The SMILES string of the molecule is NC(=S)Nc1ccc(Oc2ccc(C(F)(F)F)cc2)cc1. The van der Waals surface area contributed by atoms with Crippen LogP contribution in [0, 0.1) is 0 Å². The molecule has 7 heteroatoms. The van der Waals surface area contributed by atoms with Gasteiger partial charge in [-0.2, -0.15) is 13.2 Å². The lowest BCUT2D eigenvalue weighted by molar-refractivity contribution is -0.137. The largest absolute Gasteiger partial charge is 0.457 e. The standard InChI is InChI=1S/C14H11F3N2OS/c15-14(16,17)9-1-5-11(6-2-9)20-12-7-3-10(4-8-12)19-13(18)21/h1-8H,(H3,18,19,21). The number of nitrogens with two attached hydrogens (primary N) is 1. The van der Waals surface area contributed by atoms with Crippen LogP contribution < -0.4 is 15.8 Å². The van der Waals surface area contributed by atoms with Crippen molar-refractivity contribution in [3.05, 3.63) is 54.1 Å². The first-order valence-corrected chi connectivity index (χ1v) is 6.27. The molecule has 0 saturated heterocycles. The van der Waals surface area contributed by atoms with Gasteiger partial charge in [-0.15, -0.1) is 0 Å². The zero-order valence-electron chi connectivity index (χ0n) is 10.6. The second-order valence-corrected chi connectivity index (χ2v) is 4.58. The van der Waals surface area contributed by atoms with Gasteiger partial charge in [0.15, 0.2) is 5.11 Å². The Hall–Kier alpha value is -2.28. The average molecular weight is 312 g/mol. The minimum Gasteiger partial charge on any atom is -0.457 e. The van der Waals surface area contributed by atoms with E-state index >= 15 is 0 Å². The van der Waals surface area contributed by atoms with Gasteiger partial charge >= 0.3 is 6.18 Å². The third-order valence-corrected chi connectivity index (χ3v) is 2.64. The van der Waals surface area contributed by atoms with Crippen LogP contribution in [0.15, 0.2) is 48.5 Å². The van der Waals surface area contributed by atoms with Crippen LogP contribution in [0.1, 0.15) is 5.56 Å². The molecule has 21 heavy (non-hydrogen) atoms. The summed E-state index contributed by atoms with van der Waals surface area (Å²) in [6.07, 6.45) is -4.35. The topological polar surface area (TPSA) is 47.3 Å². The summed E-state index contributed by atoms with van der Waals surface area (Å²) < 4.78 is 42.7. The maximum atomic E-state index is 12.4. The normalized spacial score (nSPS) is 11.0. The van der Waals surface area contributed by atoms with Gasteiger partial charge in [0.1, 0.15) is 11.5 Å². The highest BCUT2D eigenvalue weighted by molar-refractivity contribution is 7.80. The van der Waals surface area contributed by atoms with E-state index in [0.717, 1.165) is 12.1 Å². The Bertz CT molecular complexity index is 624. The van der Waals surface area contributed by atoms with Crippen LogP contribution in [0.4, 0.5) is 18.9 Å². The van der Waals surface area contributed by atoms with E-state index in [0.29, 0.717) is 17.2 Å². The number of alkyl halides is 3. The van der Waals surface area contributed by atoms with Crippen molar-refractivity contribution in [1.82, 2.24) is 0 Å². The predicted octanol–water partition coefficient (Wildman–Crippen LogP) is 4.15. The number of anilines is 1. The molecular weight excluding hydrogens is 301 g/mol. The van der Waals surface area contributed by atoms with Crippen molar-refractivity contribution in [3.63, 3.8) is 0 Å². The minimum absolute atomic E-state index is 0.145. The maximum Gasteiger partial charge on any atom is 0.416 e. The summed E-state index contributed by atoms with van der Waals surface area (Å²) >= 11 is 4.70. The van der Waals surface area contributed by atoms with E-state index < -0.39 is 11.7 Å². The van der Waals surface area contributed by atoms with Gasteiger partial charge in [0.2, 0.25) is 0 Å². The van der Waals surface area contributed by atoms with Crippen molar-refractivity contribution in [2.45, 2.75) is 6.18 Å². The maximum absolute atomic E-state index is 12.4. The average Bonchev–Trinajstić information content (AvgIpc) is 2.40. The van der Waals surface area contributed by atoms with Gasteiger partial charge in [-0.05, 0) is 60.7 Å². The Kier molecular flexibility index (Phi) is 4.32. The molecule has 0 aliphatic heterocycles. The summed E-state index contributed by atoms with van der Waals surface area (Å²) in [6, 6.07) is 11.2. The molecule has 0 amide bonds. The smallest absolute Gasteiger partial charge is 0.416 e. The summed E-state index contributed by atoms with van der Waals surface area (Å²) in [4.78, 5) is 0. The third kappa shape index (κ3) is 4.35. The molecule has 3 nitrogen and oxygen atoms in total. The highest BCUT2D eigenvalue weighted by Crippen LogP contribution is 2.31. The minimum atomic E-state index is -4.35. The first-order chi connectivity index (χ1) is 9.84. The molecule has 0 bridgehead atoms. The van der Waals surface area contributed by atoms with Gasteiger partial charge in [-0.3, -0.25) is 0 Å². The Morgan fingerprint density at radius 2 is 1.43 bits per heavy atom. The molecule has 0 aliphatic rings. The van der Waals surface area contributed by atoms with Gasteiger partial charge < -0.3 is 15.8 Å². The Labute approximate surface area is 124 Å². The molecule has 110 valence electrons. The Morgan fingerprint density at radius 3 is 1.86 bits per heavy atom. The molecule has 0 radical (unpaired) electrons. The fourth-order valence-electron chi connectivity index (χ4n) is 1.60. The summed E-state index contributed by atoms with van der Waals surface area (Å²) in [6.45, 7) is 0. The molecule has 0 unspecified atom stereocenters. The molecule has 0 aliphatic carbocycles. The molecule has 0 heterocycles. The van der Waals surface area contributed by atoms with E-state index in [9.17, 15) is 13.2 Å².